The minimum Gasteiger partial charge on any atom is -0.0625 e. The van der Waals surface area contributed by atoms with Gasteiger partial charge in [-0.15, -0.1) is 0 Å². The summed E-state index contributed by atoms with van der Waals surface area (Å²) in [6.45, 7) is 2.44. The van der Waals surface area contributed by atoms with E-state index < -0.39 is 0 Å². The Kier molecular flexibility index (Phi) is 3.78. The summed E-state index contributed by atoms with van der Waals surface area (Å²) in [5.74, 6) is 5.57. The van der Waals surface area contributed by atoms with Gasteiger partial charge in [0.2, 0.25) is 0 Å². The molecule has 17 heavy (non-hydrogen) atoms. The van der Waals surface area contributed by atoms with Crippen LogP contribution < -0.4 is 0 Å². The third kappa shape index (κ3) is 3.26. The molecule has 0 saturated heterocycles. The summed E-state index contributed by atoms with van der Waals surface area (Å²) in [7, 11) is 0. The molecule has 98 valence electrons. The van der Waals surface area contributed by atoms with Gasteiger partial charge in [-0.2, -0.15) is 0 Å². The minimum atomic E-state index is 1.02. The molecule has 3 rings (SSSR count). The van der Waals surface area contributed by atoms with Crippen molar-refractivity contribution in [2.24, 2.45) is 29.6 Å². The van der Waals surface area contributed by atoms with E-state index in [0.29, 0.717) is 0 Å². The highest BCUT2D eigenvalue weighted by Gasteiger charge is 2.34. The summed E-state index contributed by atoms with van der Waals surface area (Å²) >= 11 is 0. The quantitative estimate of drug-likeness (QED) is 0.611. The van der Waals surface area contributed by atoms with Crippen LogP contribution in [0.4, 0.5) is 0 Å². The summed E-state index contributed by atoms with van der Waals surface area (Å²) in [5.41, 5.74) is 0. The van der Waals surface area contributed by atoms with Crippen molar-refractivity contribution in [3.8, 4) is 0 Å². The number of hydrogen-bond acceptors (Lipinski definition) is 0. The lowest BCUT2D eigenvalue weighted by atomic mass is 9.73. The lowest BCUT2D eigenvalue weighted by molar-refractivity contribution is 0.187. The normalized spacial score (nSPS) is 43.6. The summed E-state index contributed by atoms with van der Waals surface area (Å²) in [5, 5.41) is 0. The molecule has 0 heteroatoms. The molecule has 3 saturated carbocycles. The Balaban J connectivity index is 1.38. The topological polar surface area (TPSA) is 0 Å². The van der Waals surface area contributed by atoms with E-state index in [-0.39, 0.29) is 0 Å². The maximum absolute atomic E-state index is 2.44. The Morgan fingerprint density at radius 2 is 1.00 bits per heavy atom. The molecule has 0 atom stereocenters. The molecular formula is C17H30. The lowest BCUT2D eigenvalue weighted by Crippen LogP contribution is -2.20. The van der Waals surface area contributed by atoms with Crippen LogP contribution in [0.15, 0.2) is 0 Å². The van der Waals surface area contributed by atoms with E-state index in [0.717, 1.165) is 23.7 Å². The van der Waals surface area contributed by atoms with E-state index in [1.54, 1.807) is 57.8 Å². The fourth-order valence-electron chi connectivity index (χ4n) is 4.50. The van der Waals surface area contributed by atoms with Crippen LogP contribution in [0, 0.1) is 29.6 Å². The van der Waals surface area contributed by atoms with Crippen LogP contribution in [0.25, 0.3) is 0 Å². The van der Waals surface area contributed by atoms with Crippen LogP contribution in [0.1, 0.15) is 77.6 Å². The predicted molar refractivity (Wildman–Crippen MR) is 73.9 cm³/mol. The molecule has 0 aromatic carbocycles. The van der Waals surface area contributed by atoms with Crippen LogP contribution in [-0.2, 0) is 0 Å². The molecule has 0 N–H and O–H groups in total. The Morgan fingerprint density at radius 3 is 1.47 bits per heavy atom. The van der Waals surface area contributed by atoms with E-state index in [2.05, 4.69) is 6.92 Å². The second kappa shape index (κ2) is 5.33. The van der Waals surface area contributed by atoms with Crippen LogP contribution in [0.3, 0.4) is 0 Å². The van der Waals surface area contributed by atoms with Crippen molar-refractivity contribution in [1.82, 2.24) is 0 Å². The highest BCUT2D eigenvalue weighted by Crippen LogP contribution is 2.46. The minimum absolute atomic E-state index is 1.02. The first-order valence-corrected chi connectivity index (χ1v) is 8.31. The lowest BCUT2D eigenvalue weighted by Gasteiger charge is -2.33. The molecular weight excluding hydrogens is 204 g/mol. The molecule has 0 spiro atoms. The van der Waals surface area contributed by atoms with Gasteiger partial charge in [-0.25, -0.2) is 0 Å². The fraction of sp³-hybridized carbons (Fsp3) is 1.00. The molecule has 0 amide bonds. The standard InChI is InChI=1S/C17H30/c1-13-2-4-14(5-3-13)12-15-6-8-16(9-7-15)17-10-11-17/h13-17H,2-12H2,1H3. The zero-order valence-electron chi connectivity index (χ0n) is 11.7. The Hall–Kier alpha value is 0. The van der Waals surface area contributed by atoms with E-state index in [9.17, 15) is 0 Å². The Labute approximate surface area is 108 Å². The average Bonchev–Trinajstić information content (AvgIpc) is 3.17. The van der Waals surface area contributed by atoms with Crippen molar-refractivity contribution in [3.05, 3.63) is 0 Å². The third-order valence-electron chi connectivity index (χ3n) is 5.98. The van der Waals surface area contributed by atoms with Gasteiger partial charge in [0.15, 0.2) is 0 Å². The van der Waals surface area contributed by atoms with Gasteiger partial charge in [0.25, 0.3) is 0 Å². The van der Waals surface area contributed by atoms with Crippen LogP contribution in [0.5, 0.6) is 0 Å². The molecule has 0 nitrogen and oxygen atoms in total. The van der Waals surface area contributed by atoms with Gasteiger partial charge in [0, 0.05) is 0 Å². The van der Waals surface area contributed by atoms with Gasteiger partial charge in [-0.3, -0.25) is 0 Å². The average molecular weight is 234 g/mol. The molecule has 0 unspecified atom stereocenters. The molecule has 3 aliphatic rings. The highest BCUT2D eigenvalue weighted by atomic mass is 14.4. The predicted octanol–water partition coefficient (Wildman–Crippen LogP) is 5.42. The van der Waals surface area contributed by atoms with E-state index in [1.165, 1.54) is 18.8 Å². The van der Waals surface area contributed by atoms with Crippen molar-refractivity contribution in [2.75, 3.05) is 0 Å². The molecule has 0 heterocycles. The third-order valence-corrected chi connectivity index (χ3v) is 5.98. The fourth-order valence-corrected chi connectivity index (χ4v) is 4.50. The van der Waals surface area contributed by atoms with Gasteiger partial charge in [0.1, 0.15) is 0 Å². The second-order valence-electron chi connectivity index (χ2n) is 7.48. The zero-order valence-corrected chi connectivity index (χ0v) is 11.7. The number of hydrogen-bond donors (Lipinski definition) is 0. The highest BCUT2D eigenvalue weighted by molar-refractivity contribution is 4.86. The molecule has 0 aromatic heterocycles. The number of rotatable bonds is 3. The molecule has 3 fully saturated rings. The Morgan fingerprint density at radius 1 is 0.588 bits per heavy atom. The van der Waals surface area contributed by atoms with Crippen molar-refractivity contribution in [1.29, 1.82) is 0 Å². The van der Waals surface area contributed by atoms with Crippen LogP contribution in [0.2, 0.25) is 0 Å². The van der Waals surface area contributed by atoms with Crippen LogP contribution >= 0.6 is 0 Å². The largest absolute Gasteiger partial charge is 0.0625 e. The first kappa shape index (κ1) is 12.1. The zero-order chi connectivity index (χ0) is 11.7. The molecule has 3 aliphatic carbocycles. The molecule has 0 radical (unpaired) electrons. The molecule has 0 aromatic rings. The van der Waals surface area contributed by atoms with E-state index in [1.807, 2.05) is 0 Å². The van der Waals surface area contributed by atoms with Gasteiger partial charge in [0.05, 0.1) is 0 Å². The Bertz CT molecular complexity index is 224. The second-order valence-corrected chi connectivity index (χ2v) is 7.48. The summed E-state index contributed by atoms with van der Waals surface area (Å²) in [4.78, 5) is 0. The maximum Gasteiger partial charge on any atom is -0.0386 e. The smallest absolute Gasteiger partial charge is 0.0386 e. The first-order valence-electron chi connectivity index (χ1n) is 8.31. The molecule has 0 aliphatic heterocycles. The van der Waals surface area contributed by atoms with Crippen LogP contribution in [-0.4, -0.2) is 0 Å². The van der Waals surface area contributed by atoms with Gasteiger partial charge >= 0.3 is 0 Å². The monoisotopic (exact) mass is 234 g/mol. The van der Waals surface area contributed by atoms with Crippen molar-refractivity contribution < 1.29 is 0 Å². The summed E-state index contributed by atoms with van der Waals surface area (Å²) in [6.07, 6.45) is 17.2. The van der Waals surface area contributed by atoms with Crippen molar-refractivity contribution in [3.63, 3.8) is 0 Å². The molecule has 0 bridgehead atoms. The van der Waals surface area contributed by atoms with Gasteiger partial charge < -0.3 is 0 Å². The summed E-state index contributed by atoms with van der Waals surface area (Å²) in [6, 6.07) is 0. The van der Waals surface area contributed by atoms with E-state index in [4.69, 9.17) is 0 Å². The van der Waals surface area contributed by atoms with Gasteiger partial charge in [-0.05, 0) is 61.7 Å². The van der Waals surface area contributed by atoms with E-state index >= 15 is 0 Å². The SMILES string of the molecule is CC1CCC(CC2CCC(C3CC3)CC2)CC1. The summed E-state index contributed by atoms with van der Waals surface area (Å²) < 4.78 is 0. The maximum atomic E-state index is 2.44. The van der Waals surface area contributed by atoms with Gasteiger partial charge in [-0.1, -0.05) is 45.4 Å². The first-order chi connectivity index (χ1) is 8.31. The van der Waals surface area contributed by atoms with Crippen molar-refractivity contribution >= 4 is 0 Å². The van der Waals surface area contributed by atoms with Crippen molar-refractivity contribution in [2.45, 2.75) is 77.6 Å².